The number of hydrogen-bond donors (Lipinski definition) is 0. The van der Waals surface area contributed by atoms with Crippen molar-refractivity contribution in [3.8, 4) is 0 Å². The second kappa shape index (κ2) is 11.1. The lowest BCUT2D eigenvalue weighted by Gasteiger charge is -2.21. The molecule has 3 nitrogen and oxygen atoms in total. The molecule has 1 unspecified atom stereocenters. The van der Waals surface area contributed by atoms with Gasteiger partial charge in [0.25, 0.3) is 0 Å². The summed E-state index contributed by atoms with van der Waals surface area (Å²) in [7, 11) is 4.10. The van der Waals surface area contributed by atoms with Gasteiger partial charge in [-0.15, -0.1) is 0 Å². The Hall–Kier alpha value is -0.570. The van der Waals surface area contributed by atoms with Gasteiger partial charge in [0, 0.05) is 0 Å². The third-order valence-corrected chi connectivity index (χ3v) is 4.16. The molecule has 0 radical (unpaired) electrons. The smallest absolute Gasteiger partial charge is 0.180 e. The molecule has 1 saturated carbocycles. The Labute approximate surface area is 125 Å². The molecule has 0 aromatic rings. The maximum Gasteiger partial charge on any atom is 0.180 e. The van der Waals surface area contributed by atoms with Gasteiger partial charge in [0.05, 0.1) is 5.71 Å². The molecular formula is C17H34N2O. The van der Waals surface area contributed by atoms with Crippen molar-refractivity contribution in [2.24, 2.45) is 5.16 Å². The molecule has 1 atom stereocenters. The van der Waals surface area contributed by atoms with E-state index in [1.165, 1.54) is 63.5 Å². The van der Waals surface area contributed by atoms with Crippen molar-refractivity contribution >= 4 is 5.71 Å². The quantitative estimate of drug-likeness (QED) is 0.537. The van der Waals surface area contributed by atoms with Gasteiger partial charge >= 0.3 is 0 Å². The fraction of sp³-hybridized carbons (Fsp3) is 0.941. The summed E-state index contributed by atoms with van der Waals surface area (Å²) >= 11 is 0. The molecule has 0 N–H and O–H groups in total. The molecule has 0 amide bonds. The van der Waals surface area contributed by atoms with Gasteiger partial charge in [0.2, 0.25) is 0 Å². The third kappa shape index (κ3) is 7.88. The zero-order valence-corrected chi connectivity index (χ0v) is 13.9. The Morgan fingerprint density at radius 2 is 1.35 bits per heavy atom. The fourth-order valence-electron chi connectivity index (χ4n) is 2.78. The molecule has 0 spiro atoms. The first-order chi connectivity index (χ1) is 9.74. The minimum atomic E-state index is 0.115. The zero-order valence-electron chi connectivity index (χ0n) is 13.9. The molecule has 0 heterocycles. The maximum atomic E-state index is 5.73. The highest BCUT2D eigenvalue weighted by Crippen LogP contribution is 2.16. The molecule has 1 rings (SSSR count). The second-order valence-corrected chi connectivity index (χ2v) is 6.27. The van der Waals surface area contributed by atoms with Crippen molar-refractivity contribution in [1.82, 2.24) is 4.90 Å². The summed E-state index contributed by atoms with van der Waals surface area (Å²) in [5.41, 5.74) is 1.28. The van der Waals surface area contributed by atoms with E-state index in [1.54, 1.807) is 0 Å². The van der Waals surface area contributed by atoms with Crippen molar-refractivity contribution in [2.45, 2.75) is 90.2 Å². The molecule has 0 bridgehead atoms. The molecule has 0 aromatic carbocycles. The van der Waals surface area contributed by atoms with E-state index in [2.05, 4.69) is 31.1 Å². The van der Waals surface area contributed by atoms with Gasteiger partial charge < -0.3 is 4.84 Å². The number of hydrogen-bond acceptors (Lipinski definition) is 3. The van der Waals surface area contributed by atoms with Gasteiger partial charge in [-0.2, -0.15) is 0 Å². The van der Waals surface area contributed by atoms with Crippen LogP contribution in [0, 0.1) is 0 Å². The fourth-order valence-corrected chi connectivity index (χ4v) is 2.78. The lowest BCUT2D eigenvalue weighted by Crippen LogP contribution is -2.28. The monoisotopic (exact) mass is 282 g/mol. The second-order valence-electron chi connectivity index (χ2n) is 6.27. The highest BCUT2D eigenvalue weighted by molar-refractivity contribution is 5.83. The van der Waals surface area contributed by atoms with E-state index in [0.717, 1.165) is 19.3 Å². The summed E-state index contributed by atoms with van der Waals surface area (Å²) in [6, 6.07) is 0. The zero-order chi connectivity index (χ0) is 14.6. The van der Waals surface area contributed by atoms with Crippen molar-refractivity contribution in [2.75, 3.05) is 14.1 Å². The summed E-state index contributed by atoms with van der Waals surface area (Å²) in [5.74, 6) is 0. The van der Waals surface area contributed by atoms with Crippen molar-refractivity contribution in [1.29, 1.82) is 0 Å². The van der Waals surface area contributed by atoms with Crippen LogP contribution in [0.2, 0.25) is 0 Å². The summed E-state index contributed by atoms with van der Waals surface area (Å²) in [6.45, 7) is 2.14. The van der Waals surface area contributed by atoms with E-state index in [0.29, 0.717) is 0 Å². The Balaban J connectivity index is 2.44. The first-order valence-electron chi connectivity index (χ1n) is 8.62. The minimum Gasteiger partial charge on any atom is -0.377 e. The molecular weight excluding hydrogens is 248 g/mol. The van der Waals surface area contributed by atoms with E-state index in [1.807, 2.05) is 0 Å². The summed E-state index contributed by atoms with van der Waals surface area (Å²) in [6.07, 6.45) is 15.7. The molecule has 20 heavy (non-hydrogen) atoms. The van der Waals surface area contributed by atoms with Crippen LogP contribution in [0.5, 0.6) is 0 Å². The maximum absolute atomic E-state index is 5.73. The van der Waals surface area contributed by atoms with Crippen LogP contribution in [0.25, 0.3) is 0 Å². The summed E-state index contributed by atoms with van der Waals surface area (Å²) in [4.78, 5) is 7.83. The summed E-state index contributed by atoms with van der Waals surface area (Å²) in [5, 5.41) is 4.48. The van der Waals surface area contributed by atoms with Crippen LogP contribution in [0.15, 0.2) is 5.16 Å². The molecule has 118 valence electrons. The van der Waals surface area contributed by atoms with Gasteiger partial charge in [-0.3, -0.25) is 4.90 Å². The van der Waals surface area contributed by atoms with Gasteiger partial charge in [0.15, 0.2) is 6.23 Å². The van der Waals surface area contributed by atoms with Crippen LogP contribution in [0.3, 0.4) is 0 Å². The lowest BCUT2D eigenvalue weighted by molar-refractivity contribution is -0.0360. The predicted molar refractivity (Wildman–Crippen MR) is 87.1 cm³/mol. The van der Waals surface area contributed by atoms with Gasteiger partial charge in [-0.05, 0) is 46.2 Å². The lowest BCUT2D eigenvalue weighted by atomic mass is 10.00. The van der Waals surface area contributed by atoms with Gasteiger partial charge in [0.1, 0.15) is 0 Å². The van der Waals surface area contributed by atoms with Crippen LogP contribution >= 0.6 is 0 Å². The van der Waals surface area contributed by atoms with E-state index in [4.69, 9.17) is 4.84 Å². The van der Waals surface area contributed by atoms with E-state index < -0.39 is 0 Å². The Bertz CT molecular complexity index is 250. The molecule has 1 aliphatic rings. The molecule has 1 fully saturated rings. The normalized spacial score (nSPS) is 20.9. The van der Waals surface area contributed by atoms with Crippen molar-refractivity contribution < 1.29 is 4.84 Å². The Morgan fingerprint density at radius 3 is 1.75 bits per heavy atom. The first-order valence-corrected chi connectivity index (χ1v) is 8.62. The van der Waals surface area contributed by atoms with E-state index in [9.17, 15) is 0 Å². The van der Waals surface area contributed by atoms with E-state index in [-0.39, 0.29) is 6.23 Å². The first kappa shape index (κ1) is 17.5. The topological polar surface area (TPSA) is 24.8 Å². The molecule has 0 aliphatic heterocycles. The van der Waals surface area contributed by atoms with E-state index >= 15 is 0 Å². The third-order valence-electron chi connectivity index (χ3n) is 4.16. The van der Waals surface area contributed by atoms with Crippen LogP contribution < -0.4 is 0 Å². The van der Waals surface area contributed by atoms with Crippen LogP contribution in [-0.2, 0) is 4.84 Å². The predicted octanol–water partition coefficient (Wildman–Crippen LogP) is 4.96. The highest BCUT2D eigenvalue weighted by Gasteiger charge is 2.10. The summed E-state index contributed by atoms with van der Waals surface area (Å²) < 4.78 is 0. The highest BCUT2D eigenvalue weighted by atomic mass is 16.6. The number of oxime groups is 1. The van der Waals surface area contributed by atoms with Gasteiger partial charge in [-0.25, -0.2) is 0 Å². The van der Waals surface area contributed by atoms with Crippen LogP contribution in [-0.4, -0.2) is 30.9 Å². The number of nitrogens with zero attached hydrogens (tertiary/aromatic N) is 2. The molecule has 0 saturated heterocycles. The SMILES string of the molecule is CCC(ON=C1CCCCCCCCCCC1)N(C)C. The number of rotatable bonds is 4. The Kier molecular flexibility index (Phi) is 9.73. The molecule has 3 heteroatoms. The van der Waals surface area contributed by atoms with Crippen molar-refractivity contribution in [3.63, 3.8) is 0 Å². The average Bonchev–Trinajstić information content (AvgIpc) is 2.41. The van der Waals surface area contributed by atoms with Gasteiger partial charge in [-0.1, -0.05) is 57.0 Å². The standard InChI is InChI=1S/C17H34N2O/c1-4-17(19(2)3)20-18-16-14-12-10-8-6-5-7-9-11-13-15-16/h17H,4-15H2,1-3H3. The largest absolute Gasteiger partial charge is 0.377 e. The minimum absolute atomic E-state index is 0.115. The molecule has 0 aromatic heterocycles. The average molecular weight is 282 g/mol. The van der Waals surface area contributed by atoms with Crippen molar-refractivity contribution in [3.05, 3.63) is 0 Å². The molecule has 1 aliphatic carbocycles. The van der Waals surface area contributed by atoms with Crippen LogP contribution in [0.4, 0.5) is 0 Å². The van der Waals surface area contributed by atoms with Crippen LogP contribution in [0.1, 0.15) is 84.0 Å². The Morgan fingerprint density at radius 1 is 0.900 bits per heavy atom.